The van der Waals surface area contributed by atoms with Gasteiger partial charge in [-0.25, -0.2) is 0 Å². The Morgan fingerprint density at radius 3 is 2.80 bits per heavy atom. The Bertz CT molecular complexity index is 545. The molecule has 1 aromatic heterocycles. The molecule has 2 aromatic rings. The minimum atomic E-state index is 0.154. The van der Waals surface area contributed by atoms with Gasteiger partial charge in [-0.3, -0.25) is 4.98 Å². The molecule has 0 saturated heterocycles. The summed E-state index contributed by atoms with van der Waals surface area (Å²) < 4.78 is 6.89. The van der Waals surface area contributed by atoms with Gasteiger partial charge in [-0.2, -0.15) is 0 Å². The molecule has 1 aromatic carbocycles. The van der Waals surface area contributed by atoms with Crippen LogP contribution >= 0.6 is 15.9 Å². The van der Waals surface area contributed by atoms with E-state index in [9.17, 15) is 0 Å². The van der Waals surface area contributed by atoms with Gasteiger partial charge in [-0.1, -0.05) is 25.1 Å². The molecule has 0 spiro atoms. The fourth-order valence-corrected chi connectivity index (χ4v) is 2.45. The Morgan fingerprint density at radius 2 is 2.10 bits per heavy atom. The van der Waals surface area contributed by atoms with Gasteiger partial charge in [-0.05, 0) is 52.5 Å². The smallest absolute Gasteiger partial charge is 0.137 e. The topological polar surface area (TPSA) is 48.1 Å². The standard InChI is InChI=1S/C16H19BrN2O/c1-2-13(18)10-12-6-5-8-15(17)16(12)20-11-14-7-3-4-9-19-14/h3-9,13H,2,10-11,18H2,1H3. The molecular weight excluding hydrogens is 316 g/mol. The van der Waals surface area contributed by atoms with Crippen LogP contribution in [0.5, 0.6) is 5.75 Å². The van der Waals surface area contributed by atoms with Gasteiger partial charge in [0.2, 0.25) is 0 Å². The number of hydrogen-bond acceptors (Lipinski definition) is 3. The van der Waals surface area contributed by atoms with E-state index in [1.165, 1.54) is 0 Å². The Morgan fingerprint density at radius 1 is 1.25 bits per heavy atom. The van der Waals surface area contributed by atoms with Gasteiger partial charge in [0.1, 0.15) is 12.4 Å². The van der Waals surface area contributed by atoms with E-state index in [0.717, 1.165) is 34.3 Å². The first-order valence-electron chi connectivity index (χ1n) is 6.76. The fourth-order valence-electron chi connectivity index (χ4n) is 1.93. The van der Waals surface area contributed by atoms with Crippen LogP contribution in [0.1, 0.15) is 24.6 Å². The van der Waals surface area contributed by atoms with Gasteiger partial charge in [0.15, 0.2) is 0 Å². The fraction of sp³-hybridized carbons (Fsp3) is 0.312. The molecule has 2 rings (SSSR count). The third kappa shape index (κ3) is 4.05. The zero-order valence-corrected chi connectivity index (χ0v) is 13.1. The van der Waals surface area contributed by atoms with Crippen molar-refractivity contribution in [3.05, 3.63) is 58.3 Å². The maximum absolute atomic E-state index is 6.05. The maximum Gasteiger partial charge on any atom is 0.137 e. The summed E-state index contributed by atoms with van der Waals surface area (Å²) >= 11 is 3.55. The molecule has 0 fully saturated rings. The lowest BCUT2D eigenvalue weighted by molar-refractivity contribution is 0.295. The summed E-state index contributed by atoms with van der Waals surface area (Å²) in [5.41, 5.74) is 8.09. The molecule has 20 heavy (non-hydrogen) atoms. The van der Waals surface area contributed by atoms with Gasteiger partial charge in [0.25, 0.3) is 0 Å². The lowest BCUT2D eigenvalue weighted by Crippen LogP contribution is -2.21. The number of nitrogens with zero attached hydrogens (tertiary/aromatic N) is 1. The largest absolute Gasteiger partial charge is 0.486 e. The lowest BCUT2D eigenvalue weighted by atomic mass is 10.0. The predicted molar refractivity (Wildman–Crippen MR) is 84.7 cm³/mol. The average molecular weight is 335 g/mol. The van der Waals surface area contributed by atoms with Crippen LogP contribution in [0.2, 0.25) is 0 Å². The van der Waals surface area contributed by atoms with Crippen molar-refractivity contribution < 1.29 is 4.74 Å². The maximum atomic E-state index is 6.05. The summed E-state index contributed by atoms with van der Waals surface area (Å²) in [5, 5.41) is 0. The molecule has 1 heterocycles. The first kappa shape index (κ1) is 15.0. The van der Waals surface area contributed by atoms with E-state index in [2.05, 4.69) is 33.9 Å². The zero-order valence-electron chi connectivity index (χ0n) is 11.6. The SMILES string of the molecule is CCC(N)Cc1cccc(Br)c1OCc1ccccn1. The molecule has 0 amide bonds. The minimum Gasteiger partial charge on any atom is -0.486 e. The number of hydrogen-bond donors (Lipinski definition) is 1. The summed E-state index contributed by atoms with van der Waals surface area (Å²) in [7, 11) is 0. The van der Waals surface area contributed by atoms with Gasteiger partial charge >= 0.3 is 0 Å². The Hall–Kier alpha value is -1.39. The van der Waals surface area contributed by atoms with E-state index in [0.29, 0.717) is 6.61 Å². The van der Waals surface area contributed by atoms with Crippen LogP contribution in [-0.2, 0) is 13.0 Å². The molecule has 0 radical (unpaired) electrons. The van der Waals surface area contributed by atoms with Gasteiger partial charge in [-0.15, -0.1) is 0 Å². The highest BCUT2D eigenvalue weighted by Gasteiger charge is 2.11. The van der Waals surface area contributed by atoms with E-state index in [-0.39, 0.29) is 6.04 Å². The average Bonchev–Trinajstić information content (AvgIpc) is 2.47. The Labute approximate surface area is 128 Å². The second kappa shape index (κ2) is 7.41. The zero-order chi connectivity index (χ0) is 14.4. The van der Waals surface area contributed by atoms with Crippen molar-refractivity contribution in [1.82, 2.24) is 4.98 Å². The van der Waals surface area contributed by atoms with Crippen LogP contribution in [0.25, 0.3) is 0 Å². The number of pyridine rings is 1. The highest BCUT2D eigenvalue weighted by atomic mass is 79.9. The first-order chi connectivity index (χ1) is 9.70. The molecule has 3 nitrogen and oxygen atoms in total. The van der Waals surface area contributed by atoms with Gasteiger partial charge in [0.05, 0.1) is 10.2 Å². The predicted octanol–water partition coefficient (Wildman–Crippen LogP) is 3.70. The summed E-state index contributed by atoms with van der Waals surface area (Å²) in [4.78, 5) is 4.27. The molecule has 0 aliphatic carbocycles. The van der Waals surface area contributed by atoms with Gasteiger partial charge < -0.3 is 10.5 Å². The summed E-state index contributed by atoms with van der Waals surface area (Å²) in [6.07, 6.45) is 3.53. The molecule has 0 saturated carbocycles. The number of ether oxygens (including phenoxy) is 1. The number of halogens is 1. The van der Waals surface area contributed by atoms with Crippen molar-refractivity contribution in [1.29, 1.82) is 0 Å². The summed E-state index contributed by atoms with van der Waals surface area (Å²) in [5.74, 6) is 0.863. The monoisotopic (exact) mass is 334 g/mol. The highest BCUT2D eigenvalue weighted by Crippen LogP contribution is 2.30. The highest BCUT2D eigenvalue weighted by molar-refractivity contribution is 9.10. The Kier molecular flexibility index (Phi) is 5.56. The molecule has 106 valence electrons. The number of para-hydroxylation sites is 1. The van der Waals surface area contributed by atoms with Crippen molar-refractivity contribution in [2.75, 3.05) is 0 Å². The van der Waals surface area contributed by atoms with Crippen molar-refractivity contribution in [3.63, 3.8) is 0 Å². The van der Waals surface area contributed by atoms with Crippen LogP contribution in [0.3, 0.4) is 0 Å². The van der Waals surface area contributed by atoms with Crippen molar-refractivity contribution in [2.45, 2.75) is 32.4 Å². The molecule has 0 bridgehead atoms. The summed E-state index contributed by atoms with van der Waals surface area (Å²) in [6.45, 7) is 2.55. The van der Waals surface area contributed by atoms with E-state index >= 15 is 0 Å². The normalized spacial score (nSPS) is 12.2. The number of aromatic nitrogens is 1. The third-order valence-corrected chi connectivity index (χ3v) is 3.77. The quantitative estimate of drug-likeness (QED) is 0.876. The van der Waals surface area contributed by atoms with Crippen LogP contribution in [0, 0.1) is 0 Å². The van der Waals surface area contributed by atoms with Crippen LogP contribution < -0.4 is 10.5 Å². The molecule has 1 unspecified atom stereocenters. The van der Waals surface area contributed by atoms with Crippen LogP contribution in [0.4, 0.5) is 0 Å². The molecule has 4 heteroatoms. The number of benzene rings is 1. The van der Waals surface area contributed by atoms with Crippen LogP contribution in [-0.4, -0.2) is 11.0 Å². The Balaban J connectivity index is 2.13. The van der Waals surface area contributed by atoms with E-state index in [1.54, 1.807) is 6.20 Å². The van der Waals surface area contributed by atoms with E-state index < -0.39 is 0 Å². The number of nitrogens with two attached hydrogens (primary N) is 1. The molecule has 0 aliphatic rings. The van der Waals surface area contributed by atoms with Crippen molar-refractivity contribution >= 4 is 15.9 Å². The first-order valence-corrected chi connectivity index (χ1v) is 7.55. The molecular formula is C16H19BrN2O. The van der Waals surface area contributed by atoms with E-state index in [4.69, 9.17) is 10.5 Å². The second-order valence-corrected chi connectivity index (χ2v) is 5.56. The summed E-state index contributed by atoms with van der Waals surface area (Å²) in [6, 6.07) is 12.0. The lowest BCUT2D eigenvalue weighted by Gasteiger charge is -2.15. The van der Waals surface area contributed by atoms with Gasteiger partial charge in [0, 0.05) is 12.2 Å². The minimum absolute atomic E-state index is 0.154. The molecule has 2 N–H and O–H groups in total. The number of rotatable bonds is 6. The van der Waals surface area contributed by atoms with Crippen molar-refractivity contribution in [2.24, 2.45) is 5.73 Å². The van der Waals surface area contributed by atoms with Crippen LogP contribution in [0.15, 0.2) is 47.1 Å². The van der Waals surface area contributed by atoms with Crippen molar-refractivity contribution in [3.8, 4) is 5.75 Å². The third-order valence-electron chi connectivity index (χ3n) is 3.15. The second-order valence-electron chi connectivity index (χ2n) is 4.71. The molecule has 1 atom stereocenters. The van der Waals surface area contributed by atoms with E-state index in [1.807, 2.05) is 30.3 Å². The molecule has 0 aliphatic heterocycles.